The van der Waals surface area contributed by atoms with Crippen LogP contribution in [0.4, 0.5) is 8.78 Å². The maximum Gasteiger partial charge on any atom is 0.290 e. The van der Waals surface area contributed by atoms with Crippen LogP contribution >= 0.6 is 0 Å². The van der Waals surface area contributed by atoms with Gasteiger partial charge in [-0.3, -0.25) is 38.7 Å². The van der Waals surface area contributed by atoms with Gasteiger partial charge in [0.15, 0.2) is 0 Å². The highest BCUT2D eigenvalue weighted by Crippen LogP contribution is 2.41. The van der Waals surface area contributed by atoms with E-state index in [0.29, 0.717) is 24.8 Å². The summed E-state index contributed by atoms with van der Waals surface area (Å²) >= 11 is 0. The zero-order chi connectivity index (χ0) is 40.8. The van der Waals surface area contributed by atoms with Gasteiger partial charge in [-0.05, 0) is 55.2 Å². The first-order valence-corrected chi connectivity index (χ1v) is 19.4. The lowest BCUT2D eigenvalue weighted by molar-refractivity contribution is -0.146. The minimum Gasteiger partial charge on any atom is -0.344 e. The molecule has 7 atom stereocenters. The number of hydrogen-bond donors (Lipinski definition) is 5. The van der Waals surface area contributed by atoms with E-state index in [1.54, 1.807) is 59.1 Å². The smallest absolute Gasteiger partial charge is 0.290 e. The summed E-state index contributed by atoms with van der Waals surface area (Å²) in [4.78, 5) is 95.9. The van der Waals surface area contributed by atoms with Gasteiger partial charge in [-0.2, -0.15) is 0 Å². The number of likely N-dealkylation sites (tertiary alicyclic amines) is 1. The van der Waals surface area contributed by atoms with Gasteiger partial charge in [-0.1, -0.05) is 53.4 Å². The number of aromatic nitrogens is 3. The number of amides is 5. The second kappa shape index (κ2) is 17.9. The zero-order valence-electron chi connectivity index (χ0n) is 32.5. The number of carbonyl (C=O) groups is 6. The van der Waals surface area contributed by atoms with Crippen molar-refractivity contribution in [3.05, 3.63) is 54.4 Å². The predicted molar refractivity (Wildman–Crippen MR) is 200 cm³/mol. The number of ketones is 1. The predicted octanol–water partition coefficient (Wildman–Crippen LogP) is 2.25. The third-order valence-electron chi connectivity index (χ3n) is 11.0. The first kappa shape index (κ1) is 42.2. The van der Waals surface area contributed by atoms with Crippen molar-refractivity contribution in [3.63, 3.8) is 0 Å². The van der Waals surface area contributed by atoms with Crippen LogP contribution in [0.3, 0.4) is 0 Å². The Morgan fingerprint density at radius 1 is 0.946 bits per heavy atom. The summed E-state index contributed by atoms with van der Waals surface area (Å²) in [7, 11) is 0. The summed E-state index contributed by atoms with van der Waals surface area (Å²) < 4.78 is 30.6. The van der Waals surface area contributed by atoms with E-state index in [2.05, 4.69) is 41.5 Å². The number of rotatable bonds is 14. The molecule has 15 nitrogen and oxygen atoms in total. The second-order valence-electron chi connectivity index (χ2n) is 16.1. The summed E-state index contributed by atoms with van der Waals surface area (Å²) in [5, 5.41) is 13.6. The summed E-state index contributed by atoms with van der Waals surface area (Å²) in [6.07, 6.45) is 11.6. The van der Waals surface area contributed by atoms with Crippen LogP contribution in [-0.2, 0) is 24.0 Å². The van der Waals surface area contributed by atoms with Crippen LogP contribution in [-0.4, -0.2) is 104 Å². The molecule has 5 rings (SSSR count). The van der Waals surface area contributed by atoms with Crippen LogP contribution in [0.5, 0.6) is 0 Å². The number of alkyl halides is 2. The SMILES string of the molecule is CCC[C@H](NC(=O)[C@@H]1C2NCC(F)(F)[C@H]2CN1C(=O)[C@@H](NC(=O)[C@@H](NC(=O)c1cnccn1)C1CCCCC1)C(C)(C)C)C(=O)C(=O)N[C@@H](C)c1ccncc1. The fourth-order valence-corrected chi connectivity index (χ4v) is 7.94. The molecule has 5 N–H and O–H groups in total. The van der Waals surface area contributed by atoms with Gasteiger partial charge in [-0.25, -0.2) is 13.8 Å². The summed E-state index contributed by atoms with van der Waals surface area (Å²) in [6.45, 7) is 7.33. The molecule has 304 valence electrons. The Balaban J connectivity index is 1.38. The van der Waals surface area contributed by atoms with E-state index in [1.165, 1.54) is 18.6 Å². The number of nitrogens with zero attached hydrogens (tertiary/aromatic N) is 4. The number of fused-ring (bicyclic) bond motifs is 1. The average molecular weight is 782 g/mol. The number of pyridine rings is 1. The molecule has 5 amide bonds. The molecule has 1 aliphatic carbocycles. The van der Waals surface area contributed by atoms with Gasteiger partial charge in [0.2, 0.25) is 23.5 Å². The molecule has 3 aliphatic rings. The molecule has 2 aromatic heterocycles. The van der Waals surface area contributed by atoms with Crippen LogP contribution in [0, 0.1) is 17.3 Å². The minimum absolute atomic E-state index is 0.0102. The van der Waals surface area contributed by atoms with E-state index in [9.17, 15) is 28.8 Å². The molecule has 1 unspecified atom stereocenters. The Morgan fingerprint density at radius 3 is 2.27 bits per heavy atom. The van der Waals surface area contributed by atoms with Gasteiger partial charge in [0, 0.05) is 37.4 Å². The molecule has 0 bridgehead atoms. The molecule has 56 heavy (non-hydrogen) atoms. The molecule has 0 aromatic carbocycles. The Hall–Kier alpha value is -4.93. The molecule has 0 spiro atoms. The van der Waals surface area contributed by atoms with Gasteiger partial charge in [0.1, 0.15) is 23.8 Å². The lowest BCUT2D eigenvalue weighted by Crippen LogP contribution is -2.63. The fraction of sp³-hybridized carbons (Fsp3) is 0.615. The van der Waals surface area contributed by atoms with Crippen molar-refractivity contribution in [1.82, 2.24) is 46.4 Å². The van der Waals surface area contributed by atoms with Crippen LogP contribution in [0.25, 0.3) is 0 Å². The molecule has 2 aliphatic heterocycles. The molecular weight excluding hydrogens is 728 g/mol. The maximum absolute atomic E-state index is 15.3. The van der Waals surface area contributed by atoms with E-state index in [4.69, 9.17) is 0 Å². The average Bonchev–Trinajstić information content (AvgIpc) is 3.72. The quantitative estimate of drug-likeness (QED) is 0.177. The van der Waals surface area contributed by atoms with Gasteiger partial charge >= 0.3 is 0 Å². The van der Waals surface area contributed by atoms with E-state index in [-0.39, 0.29) is 18.0 Å². The fourth-order valence-electron chi connectivity index (χ4n) is 7.94. The van der Waals surface area contributed by atoms with E-state index in [1.807, 2.05) is 0 Å². The van der Waals surface area contributed by atoms with Crippen LogP contribution in [0.1, 0.15) is 102 Å². The number of halogens is 2. The van der Waals surface area contributed by atoms with E-state index < -0.39 is 102 Å². The lowest BCUT2D eigenvalue weighted by atomic mass is 9.82. The third-order valence-corrected chi connectivity index (χ3v) is 11.0. The van der Waals surface area contributed by atoms with Gasteiger partial charge in [0.25, 0.3) is 17.7 Å². The number of nitrogens with one attached hydrogen (secondary N) is 5. The number of carbonyl (C=O) groups excluding carboxylic acids is 6. The molecule has 2 aromatic rings. The van der Waals surface area contributed by atoms with Crippen molar-refractivity contribution in [2.24, 2.45) is 17.3 Å². The van der Waals surface area contributed by atoms with Crippen molar-refractivity contribution in [1.29, 1.82) is 0 Å². The standard InChI is InChI=1S/C39H53F2N9O6/c1-6-10-26(31(51)36(55)46-22(2)23-13-15-42-16-14-23)47-35(54)30-29-25(39(40,41)21-45-29)20-50(30)37(56)32(38(3,4)5)49-34(53)28(24-11-8-7-9-12-24)48-33(52)27-19-43-17-18-44-27/h13-19,22,24-26,28-30,32,45H,6-12,20-21H2,1-5H3,(H,46,55)(H,47,54)(H,48,52)(H,49,53)/t22-,25-,26-,28-,29?,30-,32+/m0/s1. The first-order chi connectivity index (χ1) is 26.5. The Morgan fingerprint density at radius 2 is 1.64 bits per heavy atom. The molecule has 3 fully saturated rings. The van der Waals surface area contributed by atoms with Crippen molar-refractivity contribution >= 4 is 35.3 Å². The first-order valence-electron chi connectivity index (χ1n) is 19.4. The summed E-state index contributed by atoms with van der Waals surface area (Å²) in [6, 6.07) is -3.52. The monoisotopic (exact) mass is 781 g/mol. The molecule has 0 radical (unpaired) electrons. The highest BCUT2D eigenvalue weighted by atomic mass is 19.3. The van der Waals surface area contributed by atoms with Crippen LogP contribution < -0.4 is 26.6 Å². The van der Waals surface area contributed by atoms with Crippen molar-refractivity contribution in [2.75, 3.05) is 13.1 Å². The molecule has 2 saturated heterocycles. The Labute approximate surface area is 325 Å². The molecule has 1 saturated carbocycles. The number of hydrogen-bond acceptors (Lipinski definition) is 10. The van der Waals surface area contributed by atoms with E-state index in [0.717, 1.165) is 24.2 Å². The number of Topliss-reactive ketones (excluding diaryl/α,β-unsaturated/α-hetero) is 1. The van der Waals surface area contributed by atoms with Crippen molar-refractivity contribution in [2.45, 2.75) is 122 Å². The minimum atomic E-state index is -3.27. The van der Waals surface area contributed by atoms with Gasteiger partial charge in [-0.15, -0.1) is 0 Å². The van der Waals surface area contributed by atoms with Crippen LogP contribution in [0.2, 0.25) is 0 Å². The summed E-state index contributed by atoms with van der Waals surface area (Å²) in [5.41, 5.74) is -0.274. The summed E-state index contributed by atoms with van der Waals surface area (Å²) in [5.74, 6) is -9.72. The lowest BCUT2D eigenvalue weighted by Gasteiger charge is -2.38. The molecular formula is C39H53F2N9O6. The van der Waals surface area contributed by atoms with Crippen molar-refractivity contribution in [3.8, 4) is 0 Å². The van der Waals surface area contributed by atoms with E-state index >= 15 is 8.78 Å². The highest BCUT2D eigenvalue weighted by molar-refractivity contribution is 6.38. The topological polar surface area (TPSA) is 204 Å². The largest absolute Gasteiger partial charge is 0.344 e. The molecule has 4 heterocycles. The van der Waals surface area contributed by atoms with Gasteiger partial charge < -0.3 is 31.5 Å². The second-order valence-corrected chi connectivity index (χ2v) is 16.1. The Bertz CT molecular complexity index is 1740. The van der Waals surface area contributed by atoms with Gasteiger partial charge in [0.05, 0.1) is 30.7 Å². The Kier molecular flexibility index (Phi) is 13.5. The maximum atomic E-state index is 15.3. The van der Waals surface area contributed by atoms with Crippen molar-refractivity contribution < 1.29 is 37.5 Å². The third kappa shape index (κ3) is 9.71. The normalized spacial score (nSPS) is 22.8. The van der Waals surface area contributed by atoms with Crippen LogP contribution in [0.15, 0.2) is 43.1 Å². The highest BCUT2D eigenvalue weighted by Gasteiger charge is 2.62. The molecule has 17 heteroatoms. The zero-order valence-corrected chi connectivity index (χ0v) is 32.5.